The van der Waals surface area contributed by atoms with Crippen molar-refractivity contribution in [2.24, 2.45) is 0 Å². The summed E-state index contributed by atoms with van der Waals surface area (Å²) in [6.07, 6.45) is 1.55. The zero-order valence-electron chi connectivity index (χ0n) is 10.4. The van der Waals surface area contributed by atoms with E-state index in [1.807, 2.05) is 38.1 Å². The smallest absolute Gasteiger partial charge is 0.141 e. The average molecular weight is 266 g/mol. The number of rotatable bonds is 4. The molecule has 0 aliphatic rings. The number of aromatic nitrogens is 2. The number of ether oxygens (including phenoxy) is 1. The number of nitrogens with two attached hydrogens (primary N) is 1. The van der Waals surface area contributed by atoms with Crippen LogP contribution < -0.4 is 10.5 Å². The Balaban J connectivity index is 2.39. The first-order chi connectivity index (χ1) is 8.65. The number of para-hydroxylation sites is 1. The maximum absolute atomic E-state index is 5.92. The van der Waals surface area contributed by atoms with Crippen molar-refractivity contribution >= 4 is 17.4 Å². The van der Waals surface area contributed by atoms with Crippen molar-refractivity contribution in [3.8, 4) is 5.75 Å². The molecule has 18 heavy (non-hydrogen) atoms. The fourth-order valence-corrected chi connectivity index (χ4v) is 2.03. The first-order valence-electron chi connectivity index (χ1n) is 5.85. The van der Waals surface area contributed by atoms with Gasteiger partial charge in [-0.1, -0.05) is 29.8 Å². The molecule has 0 saturated heterocycles. The Morgan fingerprint density at radius 2 is 2.17 bits per heavy atom. The van der Waals surface area contributed by atoms with E-state index in [4.69, 9.17) is 22.1 Å². The van der Waals surface area contributed by atoms with E-state index in [0.717, 1.165) is 11.3 Å². The summed E-state index contributed by atoms with van der Waals surface area (Å²) >= 11 is 5.92. The van der Waals surface area contributed by atoms with Crippen LogP contribution in [-0.2, 0) is 0 Å². The van der Waals surface area contributed by atoms with Crippen LogP contribution in [0.2, 0.25) is 5.02 Å². The third kappa shape index (κ3) is 2.29. The summed E-state index contributed by atoms with van der Waals surface area (Å²) in [6, 6.07) is 7.83. The van der Waals surface area contributed by atoms with Crippen molar-refractivity contribution in [3.05, 3.63) is 41.0 Å². The largest absolute Gasteiger partial charge is 0.494 e. The first-order valence-corrected chi connectivity index (χ1v) is 6.23. The molecule has 1 unspecified atom stereocenters. The van der Waals surface area contributed by atoms with E-state index in [2.05, 4.69) is 5.10 Å². The molecule has 1 aromatic carbocycles. The van der Waals surface area contributed by atoms with Crippen molar-refractivity contribution in [1.82, 2.24) is 9.78 Å². The lowest BCUT2D eigenvalue weighted by Gasteiger charge is -2.18. The van der Waals surface area contributed by atoms with Gasteiger partial charge >= 0.3 is 0 Å². The minimum absolute atomic E-state index is 0.0275. The maximum Gasteiger partial charge on any atom is 0.141 e. The van der Waals surface area contributed by atoms with Gasteiger partial charge in [-0.25, -0.2) is 4.68 Å². The lowest BCUT2D eigenvalue weighted by atomic mass is 10.1. The second kappa shape index (κ2) is 5.31. The fraction of sp³-hybridized carbons (Fsp3) is 0.308. The summed E-state index contributed by atoms with van der Waals surface area (Å²) in [5, 5.41) is 4.67. The topological polar surface area (TPSA) is 53.1 Å². The van der Waals surface area contributed by atoms with Crippen molar-refractivity contribution in [2.45, 2.75) is 19.9 Å². The molecule has 0 saturated carbocycles. The third-order valence-electron chi connectivity index (χ3n) is 2.82. The highest BCUT2D eigenvalue weighted by molar-refractivity contribution is 6.32. The highest BCUT2D eigenvalue weighted by Gasteiger charge is 2.17. The predicted octanol–water partition coefficient (Wildman–Crippen LogP) is 3.13. The zero-order chi connectivity index (χ0) is 13.1. The molecule has 2 rings (SSSR count). The molecule has 0 amide bonds. The minimum atomic E-state index is -0.0275. The molecule has 1 heterocycles. The molecular formula is C13H16ClN3O. The van der Waals surface area contributed by atoms with Crippen LogP contribution in [0.15, 0.2) is 30.5 Å². The van der Waals surface area contributed by atoms with Gasteiger partial charge in [0.1, 0.15) is 16.6 Å². The number of nitrogens with zero attached hydrogens (tertiary/aromatic N) is 2. The summed E-state index contributed by atoms with van der Waals surface area (Å²) < 4.78 is 7.31. The van der Waals surface area contributed by atoms with Gasteiger partial charge in [0.15, 0.2) is 0 Å². The Kier molecular flexibility index (Phi) is 3.77. The van der Waals surface area contributed by atoms with Crippen LogP contribution in [0, 0.1) is 0 Å². The molecule has 0 aliphatic heterocycles. The molecule has 2 N–H and O–H groups in total. The monoisotopic (exact) mass is 265 g/mol. The van der Waals surface area contributed by atoms with Crippen molar-refractivity contribution in [1.29, 1.82) is 0 Å². The second-order valence-corrected chi connectivity index (χ2v) is 4.38. The van der Waals surface area contributed by atoms with Gasteiger partial charge in [-0.3, -0.25) is 0 Å². The molecule has 1 atom stereocenters. The standard InChI is InChI=1S/C13H16ClN3O/c1-3-18-12-7-5-4-6-10(12)9(2)17-13(15)11(14)8-16-17/h4-9H,3,15H2,1-2H3. The molecule has 0 aliphatic carbocycles. The van der Waals surface area contributed by atoms with Gasteiger partial charge in [-0.05, 0) is 19.9 Å². The summed E-state index contributed by atoms with van der Waals surface area (Å²) in [4.78, 5) is 0. The fourth-order valence-electron chi connectivity index (χ4n) is 1.90. The van der Waals surface area contributed by atoms with E-state index >= 15 is 0 Å². The van der Waals surface area contributed by atoms with Crippen LogP contribution in [0.25, 0.3) is 0 Å². The summed E-state index contributed by atoms with van der Waals surface area (Å²) in [7, 11) is 0. The Morgan fingerprint density at radius 3 is 2.78 bits per heavy atom. The lowest BCUT2D eigenvalue weighted by Crippen LogP contribution is -2.12. The van der Waals surface area contributed by atoms with Crippen LogP contribution in [-0.4, -0.2) is 16.4 Å². The number of hydrogen-bond donors (Lipinski definition) is 1. The minimum Gasteiger partial charge on any atom is -0.494 e. The van der Waals surface area contributed by atoms with Crippen molar-refractivity contribution < 1.29 is 4.74 Å². The number of hydrogen-bond acceptors (Lipinski definition) is 3. The Bertz CT molecular complexity index is 539. The molecule has 4 nitrogen and oxygen atoms in total. The van der Waals surface area contributed by atoms with Crippen molar-refractivity contribution in [2.75, 3.05) is 12.3 Å². The van der Waals surface area contributed by atoms with E-state index in [1.165, 1.54) is 0 Å². The molecule has 1 aromatic heterocycles. The van der Waals surface area contributed by atoms with E-state index in [-0.39, 0.29) is 6.04 Å². The third-order valence-corrected chi connectivity index (χ3v) is 3.11. The Labute approximate surface area is 111 Å². The average Bonchev–Trinajstić information content (AvgIpc) is 2.70. The molecule has 0 bridgehead atoms. The Hall–Kier alpha value is -1.68. The maximum atomic E-state index is 5.92. The molecule has 5 heteroatoms. The molecular weight excluding hydrogens is 250 g/mol. The molecule has 0 radical (unpaired) electrons. The van der Waals surface area contributed by atoms with E-state index in [1.54, 1.807) is 10.9 Å². The van der Waals surface area contributed by atoms with E-state index in [0.29, 0.717) is 17.4 Å². The highest BCUT2D eigenvalue weighted by Crippen LogP contribution is 2.30. The second-order valence-electron chi connectivity index (χ2n) is 3.97. The van der Waals surface area contributed by atoms with Gasteiger partial charge in [0.05, 0.1) is 18.8 Å². The van der Waals surface area contributed by atoms with Gasteiger partial charge in [-0.2, -0.15) is 5.10 Å². The van der Waals surface area contributed by atoms with Gasteiger partial charge in [0, 0.05) is 5.56 Å². The van der Waals surface area contributed by atoms with Gasteiger partial charge < -0.3 is 10.5 Å². The van der Waals surface area contributed by atoms with Crippen LogP contribution in [0.3, 0.4) is 0 Å². The quantitative estimate of drug-likeness (QED) is 0.924. The van der Waals surface area contributed by atoms with E-state index < -0.39 is 0 Å². The summed E-state index contributed by atoms with van der Waals surface area (Å²) in [5.74, 6) is 1.31. The molecule has 0 fully saturated rings. The van der Waals surface area contributed by atoms with Gasteiger partial charge in [0.25, 0.3) is 0 Å². The number of benzene rings is 1. The molecule has 2 aromatic rings. The van der Waals surface area contributed by atoms with Gasteiger partial charge in [-0.15, -0.1) is 0 Å². The van der Waals surface area contributed by atoms with Crippen LogP contribution in [0.4, 0.5) is 5.82 Å². The zero-order valence-corrected chi connectivity index (χ0v) is 11.2. The van der Waals surface area contributed by atoms with Crippen LogP contribution in [0.5, 0.6) is 5.75 Å². The SMILES string of the molecule is CCOc1ccccc1C(C)n1ncc(Cl)c1N. The number of halogens is 1. The van der Waals surface area contributed by atoms with E-state index in [9.17, 15) is 0 Å². The van der Waals surface area contributed by atoms with Gasteiger partial charge in [0.2, 0.25) is 0 Å². The predicted molar refractivity (Wildman–Crippen MR) is 73.1 cm³/mol. The normalized spacial score (nSPS) is 12.4. The summed E-state index contributed by atoms with van der Waals surface area (Å²) in [6.45, 7) is 4.59. The molecule has 96 valence electrons. The van der Waals surface area contributed by atoms with Crippen LogP contribution >= 0.6 is 11.6 Å². The number of nitrogen functional groups attached to an aromatic ring is 1. The number of anilines is 1. The summed E-state index contributed by atoms with van der Waals surface area (Å²) in [5.41, 5.74) is 6.93. The lowest BCUT2D eigenvalue weighted by molar-refractivity contribution is 0.332. The van der Waals surface area contributed by atoms with Crippen LogP contribution in [0.1, 0.15) is 25.5 Å². The van der Waals surface area contributed by atoms with Crippen molar-refractivity contribution in [3.63, 3.8) is 0 Å². The molecule has 0 spiro atoms. The highest BCUT2D eigenvalue weighted by atomic mass is 35.5. The Morgan fingerprint density at radius 1 is 1.44 bits per heavy atom. The first kappa shape index (κ1) is 12.8.